The first-order valence-corrected chi connectivity index (χ1v) is 13.8. The molecule has 1 aliphatic heterocycles. The smallest absolute Gasteiger partial charge is 0.410 e. The minimum atomic E-state index is -0.486. The number of fused-ring (bicyclic) bond motifs is 3. The number of nitrogens with zero attached hydrogens (tertiary/aromatic N) is 2. The maximum Gasteiger partial charge on any atom is 0.410 e. The Labute approximate surface area is 216 Å². The number of carbonyl (C=O) groups is 2. The van der Waals surface area contributed by atoms with Gasteiger partial charge in [-0.3, -0.25) is 4.79 Å². The molecule has 1 saturated carbocycles. The standard InChI is InChI=1S/C30H45N3O3/c1-19(2)16-26-27-24(23-13-8-20(3)17-25(23)31-27)14-15-33(26)28(34)22-11-9-21(10-12-22)18-32(7)29(35)36-30(4,5)6/h8,13,17,19,21-22,26,31H,9-12,14-16,18H2,1-7H3/t21-,22-,26?. The van der Waals surface area contributed by atoms with Crippen molar-refractivity contribution in [2.45, 2.75) is 91.7 Å². The predicted molar refractivity (Wildman–Crippen MR) is 145 cm³/mol. The van der Waals surface area contributed by atoms with Crippen LogP contribution in [0.5, 0.6) is 0 Å². The number of H-pyrrole nitrogens is 1. The number of rotatable bonds is 5. The Bertz CT molecular complexity index is 1090. The van der Waals surface area contributed by atoms with Gasteiger partial charge in [0, 0.05) is 42.7 Å². The van der Waals surface area contributed by atoms with Crippen molar-refractivity contribution in [3.63, 3.8) is 0 Å². The maximum absolute atomic E-state index is 13.8. The average Bonchev–Trinajstić information content (AvgIpc) is 3.16. The first kappa shape index (κ1) is 26.6. The summed E-state index contributed by atoms with van der Waals surface area (Å²) in [5.74, 6) is 1.32. The maximum atomic E-state index is 13.8. The molecule has 2 aromatic rings. The van der Waals surface area contributed by atoms with Crippen molar-refractivity contribution < 1.29 is 14.3 Å². The van der Waals surface area contributed by atoms with Gasteiger partial charge in [-0.15, -0.1) is 0 Å². The number of aromatic amines is 1. The molecule has 0 spiro atoms. The van der Waals surface area contributed by atoms with E-state index in [2.05, 4.69) is 48.9 Å². The molecule has 0 radical (unpaired) electrons. The molecule has 1 fully saturated rings. The molecule has 0 bridgehead atoms. The van der Waals surface area contributed by atoms with Crippen LogP contribution in [-0.2, 0) is 16.0 Å². The molecule has 4 rings (SSSR count). The van der Waals surface area contributed by atoms with Gasteiger partial charge < -0.3 is 19.5 Å². The molecule has 1 unspecified atom stereocenters. The Kier molecular flexibility index (Phi) is 7.72. The fraction of sp³-hybridized carbons (Fsp3) is 0.667. The molecule has 6 heteroatoms. The van der Waals surface area contributed by atoms with Crippen LogP contribution in [0.4, 0.5) is 4.79 Å². The number of aromatic nitrogens is 1. The fourth-order valence-corrected chi connectivity index (χ4v) is 6.07. The lowest BCUT2D eigenvalue weighted by Crippen LogP contribution is -2.45. The Morgan fingerprint density at radius 2 is 1.86 bits per heavy atom. The molecule has 1 aliphatic carbocycles. The van der Waals surface area contributed by atoms with Crippen molar-refractivity contribution in [2.75, 3.05) is 20.1 Å². The number of benzene rings is 1. The van der Waals surface area contributed by atoms with Crippen molar-refractivity contribution in [1.82, 2.24) is 14.8 Å². The van der Waals surface area contributed by atoms with Crippen LogP contribution < -0.4 is 0 Å². The van der Waals surface area contributed by atoms with E-state index in [1.54, 1.807) is 4.90 Å². The zero-order chi connectivity index (χ0) is 26.2. The van der Waals surface area contributed by atoms with E-state index in [4.69, 9.17) is 4.74 Å². The zero-order valence-electron chi connectivity index (χ0n) is 23.3. The Hall–Kier alpha value is -2.50. The number of ether oxygens (including phenoxy) is 1. The number of aryl methyl sites for hydroxylation is 1. The molecular weight excluding hydrogens is 450 g/mol. The van der Waals surface area contributed by atoms with E-state index in [-0.39, 0.29) is 18.1 Å². The normalized spacial score (nSPS) is 22.6. The van der Waals surface area contributed by atoms with Crippen LogP contribution >= 0.6 is 0 Å². The van der Waals surface area contributed by atoms with Gasteiger partial charge in [-0.2, -0.15) is 0 Å². The van der Waals surface area contributed by atoms with Crippen molar-refractivity contribution in [2.24, 2.45) is 17.8 Å². The summed E-state index contributed by atoms with van der Waals surface area (Å²) in [7, 11) is 1.81. The lowest BCUT2D eigenvalue weighted by Gasteiger charge is -2.40. The third-order valence-electron chi connectivity index (χ3n) is 7.82. The molecule has 1 atom stereocenters. The second-order valence-corrected chi connectivity index (χ2v) is 12.6. The fourth-order valence-electron chi connectivity index (χ4n) is 6.07. The summed E-state index contributed by atoms with van der Waals surface area (Å²) in [6, 6.07) is 6.76. The summed E-state index contributed by atoms with van der Waals surface area (Å²) >= 11 is 0. The van der Waals surface area contributed by atoms with Gasteiger partial charge in [-0.1, -0.05) is 26.0 Å². The molecule has 2 aliphatic rings. The van der Waals surface area contributed by atoms with Crippen LogP contribution in [0.1, 0.15) is 89.6 Å². The lowest BCUT2D eigenvalue weighted by atomic mass is 9.80. The Balaban J connectivity index is 1.42. The summed E-state index contributed by atoms with van der Waals surface area (Å²) in [6.07, 6.45) is 5.36. The quantitative estimate of drug-likeness (QED) is 0.507. The Morgan fingerprint density at radius 3 is 2.50 bits per heavy atom. The summed E-state index contributed by atoms with van der Waals surface area (Å²) < 4.78 is 5.50. The number of carbonyl (C=O) groups excluding carboxylic acids is 2. The summed E-state index contributed by atoms with van der Waals surface area (Å²) in [6.45, 7) is 13.8. The third-order valence-corrected chi connectivity index (χ3v) is 7.82. The third kappa shape index (κ3) is 5.90. The van der Waals surface area contributed by atoms with Crippen molar-refractivity contribution in [1.29, 1.82) is 0 Å². The van der Waals surface area contributed by atoms with Gasteiger partial charge in [-0.25, -0.2) is 4.79 Å². The zero-order valence-corrected chi connectivity index (χ0v) is 23.3. The van der Waals surface area contributed by atoms with E-state index in [1.807, 2.05) is 27.8 Å². The van der Waals surface area contributed by atoms with E-state index in [0.29, 0.717) is 24.3 Å². The van der Waals surface area contributed by atoms with E-state index in [1.165, 1.54) is 27.7 Å². The number of amides is 2. The Morgan fingerprint density at radius 1 is 1.17 bits per heavy atom. The van der Waals surface area contributed by atoms with Gasteiger partial charge in [0.25, 0.3) is 0 Å². The van der Waals surface area contributed by atoms with E-state index in [9.17, 15) is 9.59 Å². The highest BCUT2D eigenvalue weighted by atomic mass is 16.6. The SMILES string of the molecule is Cc1ccc2c3c([nH]c2c1)C(CC(C)C)N(C(=O)[C@H]1CC[C@H](CN(C)C(=O)OC(C)(C)C)CC1)CC3. The van der Waals surface area contributed by atoms with Crippen LogP contribution in [-0.4, -0.2) is 52.5 Å². The van der Waals surface area contributed by atoms with Gasteiger partial charge in [-0.05, 0) is 95.2 Å². The van der Waals surface area contributed by atoms with Crippen LogP contribution in [0.2, 0.25) is 0 Å². The molecule has 0 saturated heterocycles. The van der Waals surface area contributed by atoms with Crippen molar-refractivity contribution in [3.05, 3.63) is 35.0 Å². The minimum absolute atomic E-state index is 0.0796. The highest BCUT2D eigenvalue weighted by Crippen LogP contribution is 2.40. The number of hydrogen-bond donors (Lipinski definition) is 1. The molecule has 1 N–H and O–H groups in total. The molecule has 2 heterocycles. The highest BCUT2D eigenvalue weighted by molar-refractivity contribution is 5.87. The van der Waals surface area contributed by atoms with Crippen LogP contribution in [0.3, 0.4) is 0 Å². The van der Waals surface area contributed by atoms with Crippen molar-refractivity contribution >= 4 is 22.9 Å². The first-order valence-electron chi connectivity index (χ1n) is 13.8. The molecule has 6 nitrogen and oxygen atoms in total. The highest BCUT2D eigenvalue weighted by Gasteiger charge is 2.38. The predicted octanol–water partition coefficient (Wildman–Crippen LogP) is 6.62. The van der Waals surface area contributed by atoms with Gasteiger partial charge >= 0.3 is 6.09 Å². The van der Waals surface area contributed by atoms with Gasteiger partial charge in [0.2, 0.25) is 5.91 Å². The van der Waals surface area contributed by atoms with Crippen LogP contribution in [0.15, 0.2) is 18.2 Å². The topological polar surface area (TPSA) is 65.6 Å². The first-order chi connectivity index (χ1) is 16.9. The largest absolute Gasteiger partial charge is 0.444 e. The van der Waals surface area contributed by atoms with E-state index in [0.717, 1.165) is 45.1 Å². The summed E-state index contributed by atoms with van der Waals surface area (Å²) in [5.41, 5.74) is 4.60. The molecule has 36 heavy (non-hydrogen) atoms. The van der Waals surface area contributed by atoms with Gasteiger partial charge in [0.15, 0.2) is 0 Å². The molecule has 198 valence electrons. The minimum Gasteiger partial charge on any atom is -0.444 e. The second-order valence-electron chi connectivity index (χ2n) is 12.6. The van der Waals surface area contributed by atoms with Crippen molar-refractivity contribution in [3.8, 4) is 0 Å². The molecule has 1 aromatic carbocycles. The molecule has 2 amide bonds. The molecule has 1 aromatic heterocycles. The monoisotopic (exact) mass is 495 g/mol. The van der Waals surface area contributed by atoms with E-state index >= 15 is 0 Å². The van der Waals surface area contributed by atoms with Gasteiger partial charge in [0.05, 0.1) is 6.04 Å². The van der Waals surface area contributed by atoms with Crippen LogP contribution in [0, 0.1) is 24.7 Å². The number of hydrogen-bond acceptors (Lipinski definition) is 3. The summed E-state index contributed by atoms with van der Waals surface area (Å²) in [4.78, 5) is 33.8. The van der Waals surface area contributed by atoms with Crippen LogP contribution in [0.25, 0.3) is 10.9 Å². The van der Waals surface area contributed by atoms with E-state index < -0.39 is 5.60 Å². The van der Waals surface area contributed by atoms with Gasteiger partial charge in [0.1, 0.15) is 5.60 Å². The summed E-state index contributed by atoms with van der Waals surface area (Å²) in [5, 5.41) is 1.31. The molecular formula is C30H45N3O3. The lowest BCUT2D eigenvalue weighted by molar-refractivity contribution is -0.140. The average molecular weight is 496 g/mol. The second kappa shape index (κ2) is 10.5. The number of nitrogens with one attached hydrogen (secondary N) is 1.